The molecule has 0 aliphatic heterocycles. The fourth-order valence-electron chi connectivity index (χ4n) is 1.83. The van der Waals surface area contributed by atoms with Crippen LogP contribution in [0.4, 0.5) is 10.5 Å². The molecule has 0 N–H and O–H groups in total. The molecule has 0 bridgehead atoms. The number of hydrogen-bond acceptors (Lipinski definition) is 5. The van der Waals surface area contributed by atoms with Gasteiger partial charge in [0.1, 0.15) is 22.4 Å². The Morgan fingerprint density at radius 3 is 2.35 bits per heavy atom. The van der Waals surface area contributed by atoms with E-state index in [9.17, 15) is 19.7 Å². The second kappa shape index (κ2) is 6.54. The summed E-state index contributed by atoms with van der Waals surface area (Å²) in [6, 6.07) is 3.96. The van der Waals surface area contributed by atoms with Crippen LogP contribution in [-0.4, -0.2) is 34.9 Å². The molecular weight excluding hydrogens is 324 g/mol. The van der Waals surface area contributed by atoms with Crippen molar-refractivity contribution in [1.82, 2.24) is 4.90 Å². The lowest BCUT2D eigenvalue weighted by molar-refractivity contribution is -0.384. The number of aldehydes is 1. The third-order valence-corrected chi connectivity index (χ3v) is 3.64. The number of likely N-dealkylation sites (N-methyl/N-ethyl adjacent to an activating group) is 1. The zero-order chi connectivity index (χ0) is 18.0. The molecule has 1 aromatic rings. The van der Waals surface area contributed by atoms with Crippen molar-refractivity contribution < 1.29 is 19.2 Å². The molecule has 0 saturated heterocycles. The Bertz CT molecular complexity index is 641. The van der Waals surface area contributed by atoms with Crippen molar-refractivity contribution in [1.29, 1.82) is 0 Å². The van der Waals surface area contributed by atoms with Crippen LogP contribution >= 0.6 is 11.6 Å². The fraction of sp³-hybridized carbons (Fsp3) is 0.467. The highest BCUT2D eigenvalue weighted by molar-refractivity contribution is 6.32. The number of nitro groups is 1. The average Bonchev–Trinajstić information content (AvgIpc) is 2.43. The van der Waals surface area contributed by atoms with Gasteiger partial charge in [0.15, 0.2) is 0 Å². The zero-order valence-corrected chi connectivity index (χ0v) is 14.4. The highest BCUT2D eigenvalue weighted by Gasteiger charge is 2.38. The molecule has 1 amide bonds. The molecule has 0 fully saturated rings. The number of benzene rings is 1. The molecule has 1 rings (SSSR count). The highest BCUT2D eigenvalue weighted by atomic mass is 35.5. The molecule has 0 heterocycles. The van der Waals surface area contributed by atoms with E-state index in [0.717, 1.165) is 4.90 Å². The molecule has 8 heteroatoms. The lowest BCUT2D eigenvalue weighted by Crippen LogP contribution is -2.48. The Balaban J connectivity index is 3.29. The van der Waals surface area contributed by atoms with Crippen molar-refractivity contribution in [2.75, 3.05) is 7.05 Å². The molecule has 126 valence electrons. The van der Waals surface area contributed by atoms with Crippen LogP contribution in [0.3, 0.4) is 0 Å². The van der Waals surface area contributed by atoms with Crippen molar-refractivity contribution in [2.45, 2.75) is 38.8 Å². The van der Waals surface area contributed by atoms with E-state index in [1.165, 1.54) is 32.2 Å². The Kier molecular flexibility index (Phi) is 5.37. The van der Waals surface area contributed by atoms with Gasteiger partial charge in [-0.25, -0.2) is 4.79 Å². The predicted molar refractivity (Wildman–Crippen MR) is 85.5 cm³/mol. The summed E-state index contributed by atoms with van der Waals surface area (Å²) in [5.41, 5.74) is -2.24. The molecular formula is C15H19ClN2O5. The van der Waals surface area contributed by atoms with Crippen LogP contribution in [0.1, 0.15) is 33.3 Å². The van der Waals surface area contributed by atoms with Crippen LogP contribution in [0.2, 0.25) is 5.02 Å². The molecule has 7 nitrogen and oxygen atoms in total. The van der Waals surface area contributed by atoms with E-state index in [0.29, 0.717) is 6.29 Å². The van der Waals surface area contributed by atoms with Gasteiger partial charge in [-0.15, -0.1) is 0 Å². The second-order valence-electron chi connectivity index (χ2n) is 6.23. The van der Waals surface area contributed by atoms with E-state index in [1.54, 1.807) is 20.8 Å². The first-order valence-electron chi connectivity index (χ1n) is 6.80. The predicted octanol–water partition coefficient (Wildman–Crippen LogP) is 3.53. The van der Waals surface area contributed by atoms with Gasteiger partial charge in [-0.2, -0.15) is 0 Å². The van der Waals surface area contributed by atoms with E-state index in [2.05, 4.69) is 0 Å². The van der Waals surface area contributed by atoms with Gasteiger partial charge in [-0.3, -0.25) is 15.0 Å². The maximum absolute atomic E-state index is 12.2. The maximum atomic E-state index is 12.2. The molecule has 0 saturated carbocycles. The molecule has 0 spiro atoms. The molecule has 0 aliphatic rings. The molecule has 1 unspecified atom stereocenters. The van der Waals surface area contributed by atoms with Crippen LogP contribution in [0.5, 0.6) is 0 Å². The molecule has 1 aromatic carbocycles. The molecule has 0 aliphatic carbocycles. The first-order valence-corrected chi connectivity index (χ1v) is 7.17. The van der Waals surface area contributed by atoms with E-state index < -0.39 is 22.2 Å². The van der Waals surface area contributed by atoms with E-state index in [1.807, 2.05) is 0 Å². The third-order valence-electron chi connectivity index (χ3n) is 3.32. The number of amides is 1. The van der Waals surface area contributed by atoms with Gasteiger partial charge in [0, 0.05) is 13.1 Å². The summed E-state index contributed by atoms with van der Waals surface area (Å²) in [4.78, 5) is 35.3. The number of ether oxygens (including phenoxy) is 1. The highest BCUT2D eigenvalue weighted by Crippen LogP contribution is 2.33. The molecule has 23 heavy (non-hydrogen) atoms. The zero-order valence-electron chi connectivity index (χ0n) is 13.6. The monoisotopic (exact) mass is 342 g/mol. The van der Waals surface area contributed by atoms with Crippen molar-refractivity contribution in [3.63, 3.8) is 0 Å². The van der Waals surface area contributed by atoms with Gasteiger partial charge in [0.05, 0.1) is 4.92 Å². The summed E-state index contributed by atoms with van der Waals surface area (Å²) in [6.07, 6.45) is -0.186. The summed E-state index contributed by atoms with van der Waals surface area (Å²) in [7, 11) is 1.39. The van der Waals surface area contributed by atoms with Gasteiger partial charge in [-0.05, 0) is 39.3 Å². The standard InChI is InChI=1S/C15H19ClN2O5/c1-14(2,3)23-13(20)17(5)15(4,9-19)10-6-7-11(16)12(8-10)18(21)22/h6-9H,1-5H3. The quantitative estimate of drug-likeness (QED) is 0.474. The lowest BCUT2D eigenvalue weighted by atomic mass is 9.92. The van der Waals surface area contributed by atoms with E-state index >= 15 is 0 Å². The van der Waals surface area contributed by atoms with Crippen LogP contribution in [0.25, 0.3) is 0 Å². The first kappa shape index (κ1) is 18.9. The fourth-order valence-corrected chi connectivity index (χ4v) is 2.01. The van der Waals surface area contributed by atoms with E-state index in [4.69, 9.17) is 16.3 Å². The van der Waals surface area contributed by atoms with Crippen molar-refractivity contribution >= 4 is 29.7 Å². The smallest absolute Gasteiger partial charge is 0.411 e. The van der Waals surface area contributed by atoms with Crippen LogP contribution in [-0.2, 0) is 15.1 Å². The van der Waals surface area contributed by atoms with Gasteiger partial charge in [0.2, 0.25) is 0 Å². The Labute approximate surface area is 139 Å². The van der Waals surface area contributed by atoms with Gasteiger partial charge in [0.25, 0.3) is 5.69 Å². The summed E-state index contributed by atoms with van der Waals surface area (Å²) < 4.78 is 5.24. The van der Waals surface area contributed by atoms with Crippen molar-refractivity contribution in [3.8, 4) is 0 Å². The Morgan fingerprint density at radius 2 is 1.91 bits per heavy atom. The number of nitrogens with zero attached hydrogens (tertiary/aromatic N) is 2. The molecule has 0 radical (unpaired) electrons. The Morgan fingerprint density at radius 1 is 1.35 bits per heavy atom. The number of rotatable bonds is 4. The maximum Gasteiger partial charge on any atom is 0.411 e. The number of halogens is 1. The normalized spacial score (nSPS) is 13.8. The molecule has 0 aromatic heterocycles. The van der Waals surface area contributed by atoms with Crippen molar-refractivity contribution in [2.24, 2.45) is 0 Å². The van der Waals surface area contributed by atoms with E-state index in [-0.39, 0.29) is 16.3 Å². The minimum absolute atomic E-state index is 0.0491. The largest absolute Gasteiger partial charge is 0.444 e. The minimum Gasteiger partial charge on any atom is -0.444 e. The number of hydrogen-bond donors (Lipinski definition) is 0. The Hall–Kier alpha value is -2.15. The van der Waals surface area contributed by atoms with Gasteiger partial charge in [-0.1, -0.05) is 17.7 Å². The number of nitro benzene ring substituents is 1. The number of carbonyl (C=O) groups excluding carboxylic acids is 2. The van der Waals surface area contributed by atoms with Crippen LogP contribution in [0, 0.1) is 10.1 Å². The molecule has 1 atom stereocenters. The topological polar surface area (TPSA) is 89.8 Å². The van der Waals surface area contributed by atoms with Gasteiger partial charge >= 0.3 is 6.09 Å². The summed E-state index contributed by atoms with van der Waals surface area (Å²) >= 11 is 5.78. The lowest BCUT2D eigenvalue weighted by Gasteiger charge is -2.35. The van der Waals surface area contributed by atoms with Crippen LogP contribution in [0.15, 0.2) is 18.2 Å². The average molecular weight is 343 g/mol. The first-order chi connectivity index (χ1) is 10.4. The summed E-state index contributed by atoms with van der Waals surface area (Å²) in [5, 5.41) is 11.0. The minimum atomic E-state index is -1.43. The SMILES string of the molecule is CN(C(=O)OC(C)(C)C)C(C)(C=O)c1ccc(Cl)c([N+](=O)[O-])c1. The number of carbonyl (C=O) groups is 2. The van der Waals surface area contributed by atoms with Gasteiger partial charge < -0.3 is 9.53 Å². The third kappa shape index (κ3) is 4.19. The van der Waals surface area contributed by atoms with Crippen LogP contribution < -0.4 is 0 Å². The second-order valence-corrected chi connectivity index (χ2v) is 6.64. The summed E-state index contributed by atoms with van der Waals surface area (Å²) in [6.45, 7) is 6.56. The summed E-state index contributed by atoms with van der Waals surface area (Å²) in [5.74, 6) is 0. The van der Waals surface area contributed by atoms with Crippen molar-refractivity contribution in [3.05, 3.63) is 38.9 Å².